The number of likely N-dealkylation sites (tertiary alicyclic amines) is 1. The van der Waals surface area contributed by atoms with E-state index < -0.39 is 0 Å². The maximum Gasteiger partial charge on any atom is 0.320 e. The predicted octanol–water partition coefficient (Wildman–Crippen LogP) is 3.00. The zero-order valence-electron chi connectivity index (χ0n) is 18.8. The Morgan fingerprint density at radius 1 is 1.10 bits per heavy atom. The fourth-order valence-electron chi connectivity index (χ4n) is 4.91. The van der Waals surface area contributed by atoms with Crippen LogP contribution in [0, 0.1) is 5.92 Å². The molecule has 0 aliphatic carbocycles. The monoisotopic (exact) mass is 429 g/mol. The molecule has 0 bridgehead atoms. The summed E-state index contributed by atoms with van der Waals surface area (Å²) in [5.74, 6) is 1.57. The van der Waals surface area contributed by atoms with Crippen LogP contribution in [0.5, 0.6) is 5.75 Å². The number of carbonyl (C=O) groups is 2. The Kier molecular flexibility index (Phi) is 6.70. The molecule has 1 aromatic carbocycles. The van der Waals surface area contributed by atoms with Crippen molar-refractivity contribution in [2.45, 2.75) is 51.0 Å². The summed E-state index contributed by atoms with van der Waals surface area (Å²) in [5, 5.41) is 3.06. The zero-order chi connectivity index (χ0) is 21.8. The van der Waals surface area contributed by atoms with Crippen LogP contribution in [0.25, 0.3) is 0 Å². The number of hydrogen-bond donors (Lipinski definition) is 1. The average molecular weight is 430 g/mol. The number of para-hydroxylation sites is 1. The van der Waals surface area contributed by atoms with E-state index in [1.54, 1.807) is 0 Å². The van der Waals surface area contributed by atoms with Gasteiger partial charge in [0.1, 0.15) is 11.4 Å². The minimum absolute atomic E-state index is 0.102. The van der Waals surface area contributed by atoms with E-state index in [1.807, 2.05) is 28.0 Å². The van der Waals surface area contributed by atoms with Crippen molar-refractivity contribution in [1.29, 1.82) is 0 Å². The van der Waals surface area contributed by atoms with Gasteiger partial charge in [-0.2, -0.15) is 0 Å². The number of morpholine rings is 1. The Morgan fingerprint density at radius 2 is 1.77 bits per heavy atom. The van der Waals surface area contributed by atoms with Gasteiger partial charge in [0.05, 0.1) is 13.2 Å². The molecule has 3 aliphatic heterocycles. The second-order valence-electron chi connectivity index (χ2n) is 9.50. The number of carbonyl (C=O) groups excluding carboxylic acids is 2. The summed E-state index contributed by atoms with van der Waals surface area (Å²) in [6.07, 6.45) is 2.88. The molecule has 0 radical (unpaired) electrons. The van der Waals surface area contributed by atoms with Crippen molar-refractivity contribution >= 4 is 11.9 Å². The fourth-order valence-corrected chi connectivity index (χ4v) is 4.91. The molecule has 3 amide bonds. The van der Waals surface area contributed by atoms with Gasteiger partial charge in [0.15, 0.2) is 0 Å². The molecular formula is C24H35N3O4. The van der Waals surface area contributed by atoms with Gasteiger partial charge in [-0.05, 0) is 24.0 Å². The van der Waals surface area contributed by atoms with Crippen molar-refractivity contribution in [3.8, 4) is 5.75 Å². The van der Waals surface area contributed by atoms with Crippen LogP contribution in [0.15, 0.2) is 24.3 Å². The van der Waals surface area contributed by atoms with Gasteiger partial charge in [0, 0.05) is 57.9 Å². The largest absolute Gasteiger partial charge is 0.487 e. The lowest BCUT2D eigenvalue weighted by atomic mass is 9.76. The molecule has 1 aromatic rings. The van der Waals surface area contributed by atoms with Crippen LogP contribution in [-0.2, 0) is 9.53 Å². The third-order valence-corrected chi connectivity index (χ3v) is 6.67. The second kappa shape index (κ2) is 9.47. The highest BCUT2D eigenvalue weighted by molar-refractivity contribution is 5.77. The van der Waals surface area contributed by atoms with Crippen molar-refractivity contribution in [2.75, 3.05) is 45.9 Å². The number of rotatable bonds is 4. The molecule has 4 rings (SSSR count). The Balaban J connectivity index is 1.42. The average Bonchev–Trinajstić information content (AvgIpc) is 2.78. The minimum Gasteiger partial charge on any atom is -0.487 e. The van der Waals surface area contributed by atoms with E-state index in [0.717, 1.165) is 30.6 Å². The van der Waals surface area contributed by atoms with Crippen molar-refractivity contribution in [3.05, 3.63) is 29.8 Å². The fraction of sp³-hybridized carbons (Fsp3) is 0.667. The Labute approximate surface area is 185 Å². The third-order valence-electron chi connectivity index (χ3n) is 6.67. The normalized spacial score (nSPS) is 22.7. The van der Waals surface area contributed by atoms with Crippen LogP contribution in [0.3, 0.4) is 0 Å². The highest BCUT2D eigenvalue weighted by Crippen LogP contribution is 2.46. The molecule has 31 heavy (non-hydrogen) atoms. The van der Waals surface area contributed by atoms with E-state index in [1.165, 1.54) is 0 Å². The molecule has 1 spiro atoms. The molecule has 1 atom stereocenters. The van der Waals surface area contributed by atoms with E-state index in [9.17, 15) is 9.59 Å². The number of benzene rings is 1. The summed E-state index contributed by atoms with van der Waals surface area (Å²) in [6, 6.07) is 8.22. The van der Waals surface area contributed by atoms with Crippen LogP contribution in [0.4, 0.5) is 4.79 Å². The minimum atomic E-state index is -0.306. The van der Waals surface area contributed by atoms with Crippen molar-refractivity contribution < 1.29 is 19.1 Å². The van der Waals surface area contributed by atoms with Crippen LogP contribution in [0.1, 0.15) is 51.0 Å². The summed E-state index contributed by atoms with van der Waals surface area (Å²) in [7, 11) is 0. The van der Waals surface area contributed by atoms with Gasteiger partial charge in [0.2, 0.25) is 5.91 Å². The molecule has 0 saturated carbocycles. The third kappa shape index (κ3) is 5.14. The molecular weight excluding hydrogens is 394 g/mol. The summed E-state index contributed by atoms with van der Waals surface area (Å²) in [6.45, 7) is 8.84. The standard InChI is InChI=1S/C24H35N3O4/c1-18(2)17-25-22(28)15-19-16-24(31-21-6-4-3-5-20(19)21)7-9-26(10-8-24)23(29)27-11-13-30-14-12-27/h3-6,18-19H,7-17H2,1-2H3,(H,25,28)/t19-/m0/s1. The van der Waals surface area contributed by atoms with E-state index in [2.05, 4.69) is 25.2 Å². The molecule has 170 valence electrons. The summed E-state index contributed by atoms with van der Waals surface area (Å²) < 4.78 is 11.9. The number of nitrogens with one attached hydrogen (secondary N) is 1. The van der Waals surface area contributed by atoms with Gasteiger partial charge in [-0.1, -0.05) is 32.0 Å². The number of hydrogen-bond acceptors (Lipinski definition) is 4. The number of fused-ring (bicyclic) bond motifs is 1. The lowest BCUT2D eigenvalue weighted by Gasteiger charge is -2.47. The van der Waals surface area contributed by atoms with Gasteiger partial charge in [-0.15, -0.1) is 0 Å². The van der Waals surface area contributed by atoms with Crippen LogP contribution >= 0.6 is 0 Å². The maximum atomic E-state index is 12.9. The topological polar surface area (TPSA) is 71.1 Å². The first-order chi connectivity index (χ1) is 15.0. The predicted molar refractivity (Wildman–Crippen MR) is 118 cm³/mol. The van der Waals surface area contributed by atoms with Gasteiger partial charge in [-0.25, -0.2) is 4.79 Å². The molecule has 1 N–H and O–H groups in total. The number of piperidine rings is 1. The van der Waals surface area contributed by atoms with Crippen LogP contribution < -0.4 is 10.1 Å². The number of ether oxygens (including phenoxy) is 2. The molecule has 3 aliphatic rings. The summed E-state index contributed by atoms with van der Waals surface area (Å²) in [5.41, 5.74) is 0.818. The van der Waals surface area contributed by atoms with E-state index in [4.69, 9.17) is 9.47 Å². The smallest absolute Gasteiger partial charge is 0.320 e. The molecule has 2 saturated heterocycles. The first-order valence-electron chi connectivity index (χ1n) is 11.6. The molecule has 0 unspecified atom stereocenters. The summed E-state index contributed by atoms with van der Waals surface area (Å²) >= 11 is 0. The molecule has 0 aromatic heterocycles. The van der Waals surface area contributed by atoms with Gasteiger partial charge in [0.25, 0.3) is 0 Å². The highest BCUT2D eigenvalue weighted by Gasteiger charge is 2.44. The molecule has 7 heteroatoms. The Bertz CT molecular complexity index is 783. The lowest BCUT2D eigenvalue weighted by Crippen LogP contribution is -2.55. The molecule has 2 fully saturated rings. The van der Waals surface area contributed by atoms with Crippen LogP contribution in [0.2, 0.25) is 0 Å². The van der Waals surface area contributed by atoms with Gasteiger partial charge < -0.3 is 24.6 Å². The van der Waals surface area contributed by atoms with Gasteiger partial charge in [-0.3, -0.25) is 4.79 Å². The number of urea groups is 1. The van der Waals surface area contributed by atoms with Gasteiger partial charge >= 0.3 is 6.03 Å². The molecule has 7 nitrogen and oxygen atoms in total. The van der Waals surface area contributed by atoms with Crippen molar-refractivity contribution in [2.24, 2.45) is 5.92 Å². The summed E-state index contributed by atoms with van der Waals surface area (Å²) in [4.78, 5) is 29.3. The number of amides is 3. The first kappa shape index (κ1) is 21.9. The zero-order valence-corrected chi connectivity index (χ0v) is 18.8. The maximum absolute atomic E-state index is 12.9. The molecule has 3 heterocycles. The SMILES string of the molecule is CC(C)CNC(=O)C[C@H]1CC2(CCN(C(=O)N3CCOCC3)CC2)Oc2ccccc21. The Morgan fingerprint density at radius 3 is 2.48 bits per heavy atom. The van der Waals surface area contributed by atoms with E-state index in [-0.39, 0.29) is 23.5 Å². The van der Waals surface area contributed by atoms with Crippen LogP contribution in [-0.4, -0.2) is 73.3 Å². The van der Waals surface area contributed by atoms with Crippen molar-refractivity contribution in [3.63, 3.8) is 0 Å². The lowest BCUT2D eigenvalue weighted by molar-refractivity contribution is -0.122. The van der Waals surface area contributed by atoms with E-state index >= 15 is 0 Å². The quantitative estimate of drug-likeness (QED) is 0.799. The first-order valence-corrected chi connectivity index (χ1v) is 11.6. The van der Waals surface area contributed by atoms with Crippen molar-refractivity contribution in [1.82, 2.24) is 15.1 Å². The number of nitrogens with zero attached hydrogens (tertiary/aromatic N) is 2. The second-order valence-corrected chi connectivity index (χ2v) is 9.50. The van der Waals surface area contributed by atoms with E-state index in [0.29, 0.717) is 58.3 Å². The highest BCUT2D eigenvalue weighted by atomic mass is 16.5. The Hall–Kier alpha value is -2.28.